The first kappa shape index (κ1) is 12.2. The average molecular weight is 256 g/mol. The number of nitrogens with two attached hydrogens (primary N) is 1. The lowest BCUT2D eigenvalue weighted by Gasteiger charge is -2.23. The van der Waals surface area contributed by atoms with Crippen molar-refractivity contribution >= 4 is 17.4 Å². The topological polar surface area (TPSA) is 61.6 Å². The Kier molecular flexibility index (Phi) is 3.54. The van der Waals surface area contributed by atoms with E-state index in [0.29, 0.717) is 41.7 Å². The van der Waals surface area contributed by atoms with Gasteiger partial charge < -0.3 is 15.2 Å². The minimum absolute atomic E-state index is 0.0387. The average Bonchev–Trinajstić information content (AvgIpc) is 2.38. The summed E-state index contributed by atoms with van der Waals surface area (Å²) in [6.45, 7) is 2.86. The Morgan fingerprint density at radius 3 is 2.65 bits per heavy atom. The number of halogens is 1. The molecule has 4 nitrogen and oxygen atoms in total. The lowest BCUT2D eigenvalue weighted by molar-refractivity contribution is 0.0999. The van der Waals surface area contributed by atoms with Crippen molar-refractivity contribution in [3.8, 4) is 11.5 Å². The van der Waals surface area contributed by atoms with Gasteiger partial charge in [-0.25, -0.2) is 0 Å². The maximum Gasteiger partial charge on any atom is 0.180 e. The largest absolute Gasteiger partial charge is 0.486 e. The monoisotopic (exact) mass is 255 g/mol. The molecule has 1 aliphatic rings. The summed E-state index contributed by atoms with van der Waals surface area (Å²) in [5.74, 6) is 0.979. The van der Waals surface area contributed by atoms with E-state index in [-0.39, 0.29) is 12.3 Å². The number of ether oxygens (including phenoxy) is 2. The number of fused-ring (bicyclic) bond motifs is 1. The molecule has 92 valence electrons. The summed E-state index contributed by atoms with van der Waals surface area (Å²) < 4.78 is 11.0. The summed E-state index contributed by atoms with van der Waals surface area (Å²) >= 11 is 6.08. The van der Waals surface area contributed by atoms with Gasteiger partial charge in [0.1, 0.15) is 13.2 Å². The second-order valence-corrected chi connectivity index (χ2v) is 4.13. The van der Waals surface area contributed by atoms with E-state index in [1.165, 1.54) is 0 Å². The quantitative estimate of drug-likeness (QED) is 0.837. The third-order valence-electron chi connectivity index (χ3n) is 2.71. The van der Waals surface area contributed by atoms with Gasteiger partial charge in [0, 0.05) is 11.1 Å². The Balaban J connectivity index is 2.61. The molecule has 17 heavy (non-hydrogen) atoms. The number of carbonyl (C=O) groups is 1. The maximum absolute atomic E-state index is 11.8. The molecule has 2 N–H and O–H groups in total. The van der Waals surface area contributed by atoms with Gasteiger partial charge in [-0.1, -0.05) is 18.5 Å². The summed E-state index contributed by atoms with van der Waals surface area (Å²) in [6.07, 6.45) is 0.671. The molecule has 1 heterocycles. The molecule has 0 bridgehead atoms. The normalized spacial score (nSPS) is 13.6. The van der Waals surface area contributed by atoms with Gasteiger partial charge in [0.2, 0.25) is 0 Å². The van der Waals surface area contributed by atoms with E-state index in [9.17, 15) is 4.79 Å². The number of hydrogen-bond donors (Lipinski definition) is 1. The van der Waals surface area contributed by atoms with Crippen LogP contribution in [0.25, 0.3) is 0 Å². The highest BCUT2D eigenvalue weighted by Gasteiger charge is 2.24. The van der Waals surface area contributed by atoms with Crippen LogP contribution in [0.5, 0.6) is 11.5 Å². The van der Waals surface area contributed by atoms with Gasteiger partial charge >= 0.3 is 0 Å². The van der Waals surface area contributed by atoms with Crippen molar-refractivity contribution < 1.29 is 14.3 Å². The molecule has 0 aromatic heterocycles. The Morgan fingerprint density at radius 1 is 1.41 bits per heavy atom. The minimum Gasteiger partial charge on any atom is -0.486 e. The van der Waals surface area contributed by atoms with Crippen LogP contribution in [-0.2, 0) is 6.42 Å². The summed E-state index contributed by atoms with van der Waals surface area (Å²) in [5, 5.41) is 0.397. The number of benzene rings is 1. The van der Waals surface area contributed by atoms with Crippen molar-refractivity contribution in [3.05, 3.63) is 22.2 Å². The second kappa shape index (κ2) is 4.94. The molecular formula is C12H14ClNO3. The van der Waals surface area contributed by atoms with Crippen molar-refractivity contribution in [2.45, 2.75) is 13.3 Å². The van der Waals surface area contributed by atoms with Crippen LogP contribution in [0.4, 0.5) is 0 Å². The van der Waals surface area contributed by atoms with Gasteiger partial charge in [0.25, 0.3) is 0 Å². The molecule has 5 heteroatoms. The molecule has 1 aromatic rings. The first-order valence-corrected chi connectivity index (χ1v) is 5.91. The molecular weight excluding hydrogens is 242 g/mol. The number of rotatable bonds is 3. The van der Waals surface area contributed by atoms with Crippen LogP contribution in [0.3, 0.4) is 0 Å². The van der Waals surface area contributed by atoms with Gasteiger partial charge in [-0.05, 0) is 12.5 Å². The van der Waals surface area contributed by atoms with E-state index in [4.69, 9.17) is 26.8 Å². The first-order chi connectivity index (χ1) is 8.19. The molecule has 0 spiro atoms. The zero-order valence-corrected chi connectivity index (χ0v) is 10.3. The van der Waals surface area contributed by atoms with Gasteiger partial charge in [-0.15, -0.1) is 0 Å². The summed E-state index contributed by atoms with van der Waals surface area (Å²) in [5.41, 5.74) is 6.74. The fourth-order valence-electron chi connectivity index (χ4n) is 1.93. The van der Waals surface area contributed by atoms with Crippen molar-refractivity contribution in [1.82, 2.24) is 0 Å². The molecule has 0 fully saturated rings. The lowest BCUT2D eigenvalue weighted by atomic mass is 9.99. The van der Waals surface area contributed by atoms with Crippen molar-refractivity contribution in [2.24, 2.45) is 5.73 Å². The Hall–Kier alpha value is -1.26. The van der Waals surface area contributed by atoms with E-state index in [0.717, 1.165) is 5.56 Å². The zero-order valence-electron chi connectivity index (χ0n) is 9.59. The Labute approximate surface area is 105 Å². The Morgan fingerprint density at radius 2 is 2.06 bits per heavy atom. The van der Waals surface area contributed by atoms with Crippen molar-refractivity contribution in [3.63, 3.8) is 0 Å². The number of Topliss-reactive ketones (excluding diaryl/α,β-unsaturated/α-hetero) is 1. The first-order valence-electron chi connectivity index (χ1n) is 5.53. The van der Waals surface area contributed by atoms with Crippen LogP contribution in [0.1, 0.15) is 22.8 Å². The summed E-state index contributed by atoms with van der Waals surface area (Å²) in [4.78, 5) is 11.8. The highest BCUT2D eigenvalue weighted by molar-refractivity contribution is 6.33. The highest BCUT2D eigenvalue weighted by atomic mass is 35.5. The SMILES string of the molecule is CCc1c(C(=O)CN)cc(Cl)c2c1OCCO2. The maximum atomic E-state index is 11.8. The summed E-state index contributed by atoms with van der Waals surface area (Å²) in [6, 6.07) is 1.61. The third kappa shape index (κ3) is 2.10. The molecule has 0 unspecified atom stereocenters. The van der Waals surface area contributed by atoms with Gasteiger partial charge in [-0.2, -0.15) is 0 Å². The van der Waals surface area contributed by atoms with Crippen LogP contribution >= 0.6 is 11.6 Å². The highest BCUT2D eigenvalue weighted by Crippen LogP contribution is 2.42. The molecule has 0 radical (unpaired) electrons. The summed E-state index contributed by atoms with van der Waals surface area (Å²) in [7, 11) is 0. The third-order valence-corrected chi connectivity index (χ3v) is 2.99. The Bertz CT molecular complexity index is 460. The van der Waals surface area contributed by atoms with Crippen molar-refractivity contribution in [1.29, 1.82) is 0 Å². The van der Waals surface area contributed by atoms with E-state index >= 15 is 0 Å². The molecule has 0 atom stereocenters. The molecule has 0 saturated heterocycles. The van der Waals surface area contributed by atoms with E-state index in [1.54, 1.807) is 6.07 Å². The van der Waals surface area contributed by atoms with Crippen LogP contribution in [0.15, 0.2) is 6.07 Å². The molecule has 0 amide bonds. The standard InChI is InChI=1S/C12H14ClNO3/c1-2-7-8(10(15)6-14)5-9(13)12-11(7)16-3-4-17-12/h5H,2-4,6,14H2,1H3. The number of carbonyl (C=O) groups excluding carboxylic acids is 1. The predicted octanol–water partition coefficient (Wildman–Crippen LogP) is 1.81. The smallest absolute Gasteiger partial charge is 0.180 e. The molecule has 0 saturated carbocycles. The second-order valence-electron chi connectivity index (χ2n) is 3.72. The van der Waals surface area contributed by atoms with Crippen LogP contribution in [0.2, 0.25) is 5.02 Å². The van der Waals surface area contributed by atoms with E-state index in [2.05, 4.69) is 0 Å². The fourth-order valence-corrected chi connectivity index (χ4v) is 2.18. The molecule has 0 aliphatic carbocycles. The van der Waals surface area contributed by atoms with Gasteiger partial charge in [0.15, 0.2) is 17.3 Å². The fraction of sp³-hybridized carbons (Fsp3) is 0.417. The molecule has 2 rings (SSSR count). The zero-order chi connectivity index (χ0) is 12.4. The molecule has 1 aliphatic heterocycles. The van der Waals surface area contributed by atoms with Gasteiger partial charge in [-0.3, -0.25) is 4.79 Å². The van der Waals surface area contributed by atoms with Crippen LogP contribution in [-0.4, -0.2) is 25.5 Å². The lowest BCUT2D eigenvalue weighted by Crippen LogP contribution is -2.20. The number of ketones is 1. The van der Waals surface area contributed by atoms with Crippen molar-refractivity contribution in [2.75, 3.05) is 19.8 Å². The predicted molar refractivity (Wildman–Crippen MR) is 65.2 cm³/mol. The number of hydrogen-bond acceptors (Lipinski definition) is 4. The van der Waals surface area contributed by atoms with E-state index in [1.807, 2.05) is 6.92 Å². The minimum atomic E-state index is -0.138. The van der Waals surface area contributed by atoms with Gasteiger partial charge in [0.05, 0.1) is 11.6 Å². The van der Waals surface area contributed by atoms with Crippen LogP contribution < -0.4 is 15.2 Å². The van der Waals surface area contributed by atoms with E-state index < -0.39 is 0 Å². The molecule has 1 aromatic carbocycles. The van der Waals surface area contributed by atoms with Crippen LogP contribution in [0, 0.1) is 0 Å².